The molecule has 0 unspecified atom stereocenters. The molecule has 2 heterocycles. The summed E-state index contributed by atoms with van der Waals surface area (Å²) < 4.78 is 10.5. The van der Waals surface area contributed by atoms with Crippen molar-refractivity contribution >= 4 is 23.2 Å². The topological polar surface area (TPSA) is 30.8 Å². The van der Waals surface area contributed by atoms with Gasteiger partial charge in [0, 0.05) is 17.2 Å². The molecule has 1 aromatic carbocycles. The van der Waals surface area contributed by atoms with E-state index in [0.717, 1.165) is 22.1 Å². The highest BCUT2D eigenvalue weighted by Gasteiger charge is 2.12. The van der Waals surface area contributed by atoms with E-state index in [1.54, 1.807) is 11.3 Å². The Balaban J connectivity index is 1.85. The van der Waals surface area contributed by atoms with E-state index in [2.05, 4.69) is 4.99 Å². The maximum atomic E-state index is 5.28. The Bertz CT molecular complexity index is 520. The number of hydrogen-bond donors (Lipinski definition) is 0. The third-order valence-electron chi connectivity index (χ3n) is 2.24. The first-order chi connectivity index (χ1) is 7.92. The normalized spacial score (nSPS) is 13.5. The van der Waals surface area contributed by atoms with Crippen LogP contribution in [0.25, 0.3) is 0 Å². The van der Waals surface area contributed by atoms with Gasteiger partial charge in [0.25, 0.3) is 0 Å². The molecule has 0 bridgehead atoms. The minimum atomic E-state index is 0.299. The molecule has 16 heavy (non-hydrogen) atoms. The molecule has 0 saturated carbocycles. The summed E-state index contributed by atoms with van der Waals surface area (Å²) in [5.74, 6) is 1.55. The molecule has 0 fully saturated rings. The van der Waals surface area contributed by atoms with Gasteiger partial charge in [-0.15, -0.1) is 11.3 Å². The van der Waals surface area contributed by atoms with Crippen molar-refractivity contribution in [3.8, 4) is 11.5 Å². The summed E-state index contributed by atoms with van der Waals surface area (Å²) in [4.78, 5) is 5.51. The second-order valence-electron chi connectivity index (χ2n) is 3.31. The first-order valence-electron chi connectivity index (χ1n) is 4.89. The summed E-state index contributed by atoms with van der Waals surface area (Å²) >= 11 is 1.66. The van der Waals surface area contributed by atoms with Gasteiger partial charge in [-0.05, 0) is 23.6 Å². The lowest BCUT2D eigenvalue weighted by molar-refractivity contribution is 0.174. The van der Waals surface area contributed by atoms with Crippen LogP contribution in [0.2, 0.25) is 0 Å². The number of fused-ring (bicyclic) bond motifs is 1. The second kappa shape index (κ2) is 3.98. The average molecular weight is 231 g/mol. The molecule has 0 aliphatic carbocycles. The minimum absolute atomic E-state index is 0.299. The van der Waals surface area contributed by atoms with Crippen LogP contribution in [0.1, 0.15) is 4.88 Å². The number of aliphatic imine (C=N–C) groups is 1. The zero-order valence-corrected chi connectivity index (χ0v) is 9.24. The number of benzene rings is 1. The zero-order valence-electron chi connectivity index (χ0n) is 8.42. The van der Waals surface area contributed by atoms with E-state index >= 15 is 0 Å². The van der Waals surface area contributed by atoms with Gasteiger partial charge in [0.2, 0.25) is 6.79 Å². The Morgan fingerprint density at radius 3 is 3.00 bits per heavy atom. The van der Waals surface area contributed by atoms with E-state index < -0.39 is 0 Å². The highest BCUT2D eigenvalue weighted by molar-refractivity contribution is 7.11. The summed E-state index contributed by atoms with van der Waals surface area (Å²) in [5.41, 5.74) is 0.873. The molecule has 3 rings (SSSR count). The molecule has 3 nitrogen and oxygen atoms in total. The van der Waals surface area contributed by atoms with Crippen LogP contribution in [-0.4, -0.2) is 13.0 Å². The summed E-state index contributed by atoms with van der Waals surface area (Å²) in [6.45, 7) is 0.299. The zero-order chi connectivity index (χ0) is 10.8. The molecule has 1 aliphatic heterocycles. The van der Waals surface area contributed by atoms with Gasteiger partial charge in [-0.3, -0.25) is 4.99 Å². The van der Waals surface area contributed by atoms with Crippen molar-refractivity contribution in [1.82, 2.24) is 0 Å². The molecule has 1 aliphatic rings. The Labute approximate surface area is 97.0 Å². The van der Waals surface area contributed by atoms with Crippen LogP contribution in [0.3, 0.4) is 0 Å². The molecule has 1 aromatic heterocycles. The first-order valence-corrected chi connectivity index (χ1v) is 5.77. The molecular weight excluding hydrogens is 222 g/mol. The smallest absolute Gasteiger partial charge is 0.231 e. The maximum Gasteiger partial charge on any atom is 0.231 e. The number of ether oxygens (including phenoxy) is 2. The van der Waals surface area contributed by atoms with Gasteiger partial charge in [-0.1, -0.05) is 6.07 Å². The molecule has 80 valence electrons. The van der Waals surface area contributed by atoms with E-state index in [1.807, 2.05) is 41.9 Å². The fourth-order valence-electron chi connectivity index (χ4n) is 1.47. The molecular formula is C12H9NO2S. The van der Waals surface area contributed by atoms with Crippen LogP contribution >= 0.6 is 11.3 Å². The van der Waals surface area contributed by atoms with Crippen molar-refractivity contribution in [1.29, 1.82) is 0 Å². The van der Waals surface area contributed by atoms with E-state index in [1.165, 1.54) is 0 Å². The summed E-state index contributed by atoms with van der Waals surface area (Å²) in [5, 5.41) is 2.03. The Morgan fingerprint density at radius 1 is 1.19 bits per heavy atom. The van der Waals surface area contributed by atoms with Crippen molar-refractivity contribution in [2.45, 2.75) is 0 Å². The van der Waals surface area contributed by atoms with Crippen LogP contribution in [-0.2, 0) is 0 Å². The fourth-order valence-corrected chi connectivity index (χ4v) is 2.05. The highest BCUT2D eigenvalue weighted by Crippen LogP contribution is 2.35. The lowest BCUT2D eigenvalue weighted by Crippen LogP contribution is -1.92. The Kier molecular flexibility index (Phi) is 2.34. The quantitative estimate of drug-likeness (QED) is 0.743. The third-order valence-corrected chi connectivity index (χ3v) is 3.05. The molecule has 0 spiro atoms. The summed E-state index contributed by atoms with van der Waals surface area (Å²) in [7, 11) is 0. The molecule has 2 aromatic rings. The third kappa shape index (κ3) is 1.79. The number of hydrogen-bond acceptors (Lipinski definition) is 4. The van der Waals surface area contributed by atoms with Gasteiger partial charge >= 0.3 is 0 Å². The van der Waals surface area contributed by atoms with Crippen molar-refractivity contribution < 1.29 is 9.47 Å². The molecule has 0 N–H and O–H groups in total. The Hall–Kier alpha value is -1.81. The molecule has 0 amide bonds. The molecule has 4 heteroatoms. The predicted octanol–water partition coefficient (Wildman–Crippen LogP) is 3.23. The number of nitrogens with zero attached hydrogens (tertiary/aromatic N) is 1. The van der Waals surface area contributed by atoms with Crippen molar-refractivity contribution in [3.05, 3.63) is 40.6 Å². The number of rotatable bonds is 2. The van der Waals surface area contributed by atoms with Gasteiger partial charge in [0.05, 0.1) is 5.69 Å². The Morgan fingerprint density at radius 2 is 2.12 bits per heavy atom. The second-order valence-corrected chi connectivity index (χ2v) is 4.29. The van der Waals surface area contributed by atoms with Crippen LogP contribution in [0.5, 0.6) is 11.5 Å². The average Bonchev–Trinajstić information content (AvgIpc) is 2.97. The monoisotopic (exact) mass is 231 g/mol. The maximum absolute atomic E-state index is 5.28. The summed E-state index contributed by atoms with van der Waals surface area (Å²) in [6.07, 6.45) is 1.85. The SMILES string of the molecule is C(=Nc1ccc2c(c1)OCO2)c1cccs1. The van der Waals surface area contributed by atoms with Crippen molar-refractivity contribution in [2.75, 3.05) is 6.79 Å². The number of thiophene rings is 1. The van der Waals surface area contributed by atoms with Gasteiger partial charge in [-0.2, -0.15) is 0 Å². The van der Waals surface area contributed by atoms with Gasteiger partial charge in [-0.25, -0.2) is 0 Å². The van der Waals surface area contributed by atoms with E-state index in [4.69, 9.17) is 9.47 Å². The van der Waals surface area contributed by atoms with Crippen molar-refractivity contribution in [2.24, 2.45) is 4.99 Å². The molecule has 0 atom stereocenters. The lowest BCUT2D eigenvalue weighted by atomic mass is 10.3. The minimum Gasteiger partial charge on any atom is -0.454 e. The molecule has 0 radical (unpaired) electrons. The van der Waals surface area contributed by atoms with E-state index in [9.17, 15) is 0 Å². The first kappa shape index (κ1) is 9.42. The van der Waals surface area contributed by atoms with E-state index in [0.29, 0.717) is 6.79 Å². The van der Waals surface area contributed by atoms with Crippen molar-refractivity contribution in [3.63, 3.8) is 0 Å². The molecule has 0 saturated heterocycles. The summed E-state index contributed by atoms with van der Waals surface area (Å²) in [6, 6.07) is 9.71. The van der Waals surface area contributed by atoms with Gasteiger partial charge in [0.1, 0.15) is 0 Å². The highest BCUT2D eigenvalue weighted by atomic mass is 32.1. The van der Waals surface area contributed by atoms with Crippen LogP contribution in [0.15, 0.2) is 40.7 Å². The van der Waals surface area contributed by atoms with E-state index in [-0.39, 0.29) is 0 Å². The predicted molar refractivity (Wildman–Crippen MR) is 64.1 cm³/mol. The van der Waals surface area contributed by atoms with Gasteiger partial charge < -0.3 is 9.47 Å². The largest absolute Gasteiger partial charge is 0.454 e. The van der Waals surface area contributed by atoms with Crippen LogP contribution < -0.4 is 9.47 Å². The van der Waals surface area contributed by atoms with Gasteiger partial charge in [0.15, 0.2) is 11.5 Å². The van der Waals surface area contributed by atoms with Crippen LogP contribution in [0.4, 0.5) is 5.69 Å². The fraction of sp³-hybridized carbons (Fsp3) is 0.0833. The van der Waals surface area contributed by atoms with Crippen LogP contribution in [0, 0.1) is 0 Å². The lowest BCUT2D eigenvalue weighted by Gasteiger charge is -1.96. The standard InChI is InChI=1S/C12H9NO2S/c1-2-10(16-5-1)7-13-9-3-4-11-12(6-9)15-8-14-11/h1-7H,8H2.